The van der Waals surface area contributed by atoms with Crippen LogP contribution in [0, 0.1) is 0 Å². The molecule has 7 nitrogen and oxygen atoms in total. The summed E-state index contributed by atoms with van der Waals surface area (Å²) in [6.45, 7) is 2.34. The van der Waals surface area contributed by atoms with E-state index < -0.39 is 12.1 Å². The summed E-state index contributed by atoms with van der Waals surface area (Å²) >= 11 is 0. The summed E-state index contributed by atoms with van der Waals surface area (Å²) in [5.74, 6) is -0.455. The highest BCUT2D eigenvalue weighted by atomic mass is 35.5. The van der Waals surface area contributed by atoms with Crippen LogP contribution in [-0.2, 0) is 20.9 Å². The van der Waals surface area contributed by atoms with E-state index in [1.807, 2.05) is 37.3 Å². The smallest absolute Gasteiger partial charge is 0.278 e. The third-order valence-corrected chi connectivity index (χ3v) is 5.64. The van der Waals surface area contributed by atoms with Gasteiger partial charge in [0.25, 0.3) is 5.91 Å². The van der Waals surface area contributed by atoms with E-state index in [1.165, 1.54) is 0 Å². The number of hydrogen-bond donors (Lipinski definition) is 3. The second-order valence-electron chi connectivity index (χ2n) is 7.44. The van der Waals surface area contributed by atoms with Crippen molar-refractivity contribution in [3.05, 3.63) is 35.9 Å². The predicted molar refractivity (Wildman–Crippen MR) is 100 cm³/mol. The van der Waals surface area contributed by atoms with Crippen LogP contribution in [0.15, 0.2) is 30.3 Å². The van der Waals surface area contributed by atoms with Gasteiger partial charge < -0.3 is 33.7 Å². The monoisotopic (exact) mass is 408 g/mol. The Hall–Kier alpha value is -2.12. The molecule has 5 N–H and O–H groups in total. The molecule has 0 saturated carbocycles. The second kappa shape index (κ2) is 9.89. The Morgan fingerprint density at radius 3 is 2.54 bits per heavy atom. The van der Waals surface area contributed by atoms with E-state index in [9.17, 15) is 14.4 Å². The van der Waals surface area contributed by atoms with E-state index >= 15 is 0 Å². The number of amides is 3. The topological polar surface area (TPSA) is 106 Å². The molecule has 0 unspecified atom stereocenters. The first-order valence-corrected chi connectivity index (χ1v) is 9.78. The van der Waals surface area contributed by atoms with Crippen LogP contribution in [-0.4, -0.2) is 46.8 Å². The Bertz CT molecular complexity index is 700. The van der Waals surface area contributed by atoms with Crippen molar-refractivity contribution in [2.45, 2.75) is 69.7 Å². The minimum Gasteiger partial charge on any atom is -1.00 e. The zero-order chi connectivity index (χ0) is 19.4. The molecule has 8 heteroatoms. The fraction of sp³-hybridized carbons (Fsp3) is 0.550. The van der Waals surface area contributed by atoms with Gasteiger partial charge in [0.1, 0.15) is 12.1 Å². The Morgan fingerprint density at radius 1 is 1.18 bits per heavy atom. The summed E-state index contributed by atoms with van der Waals surface area (Å²) < 4.78 is 0. The van der Waals surface area contributed by atoms with Crippen molar-refractivity contribution in [1.82, 2.24) is 15.5 Å². The fourth-order valence-electron chi connectivity index (χ4n) is 3.93. The van der Waals surface area contributed by atoms with Crippen molar-refractivity contribution in [2.75, 3.05) is 0 Å². The molecule has 1 aromatic rings. The minimum atomic E-state index is -0.549. The number of piperidine rings is 1. The van der Waals surface area contributed by atoms with Gasteiger partial charge in [0.05, 0.1) is 0 Å². The van der Waals surface area contributed by atoms with E-state index in [1.54, 1.807) is 4.90 Å². The summed E-state index contributed by atoms with van der Waals surface area (Å²) in [6.07, 6.45) is 3.57. The molecule has 2 aliphatic heterocycles. The zero-order valence-corrected chi connectivity index (χ0v) is 17.0. The largest absolute Gasteiger partial charge is 1.00 e. The van der Waals surface area contributed by atoms with Gasteiger partial charge in [0.2, 0.25) is 11.8 Å². The van der Waals surface area contributed by atoms with Crippen LogP contribution in [0.5, 0.6) is 0 Å². The normalized spacial score (nSPS) is 24.7. The molecule has 0 spiro atoms. The second-order valence-corrected chi connectivity index (χ2v) is 7.44. The number of carbonyl (C=O) groups excluding carboxylic acids is 3. The predicted octanol–water partition coefficient (Wildman–Crippen LogP) is -3.03. The number of rotatable bonds is 6. The summed E-state index contributed by atoms with van der Waals surface area (Å²) in [4.78, 5) is 39.5. The SMILES string of the molecule is CC[C@H]([NH3+])C(=O)N[C@H]1CC[C@@H]2CC[C@@H](C(=O)NCc3ccccc3)N2C1=O.[Cl-]. The Balaban J connectivity index is 0.00000280. The molecular weight excluding hydrogens is 380 g/mol. The molecule has 154 valence electrons. The van der Waals surface area contributed by atoms with E-state index in [0.717, 1.165) is 18.4 Å². The molecule has 0 radical (unpaired) electrons. The number of hydrogen-bond acceptors (Lipinski definition) is 3. The third kappa shape index (κ3) is 4.83. The molecule has 3 rings (SSSR count). The molecule has 3 amide bonds. The van der Waals surface area contributed by atoms with Gasteiger partial charge in [-0.3, -0.25) is 14.4 Å². The van der Waals surface area contributed by atoms with Crippen LogP contribution >= 0.6 is 0 Å². The van der Waals surface area contributed by atoms with Crippen LogP contribution < -0.4 is 28.8 Å². The molecule has 0 aliphatic carbocycles. The van der Waals surface area contributed by atoms with Crippen molar-refractivity contribution in [2.24, 2.45) is 0 Å². The van der Waals surface area contributed by atoms with Gasteiger partial charge in [0.15, 0.2) is 6.04 Å². The van der Waals surface area contributed by atoms with Gasteiger partial charge in [-0.15, -0.1) is 0 Å². The number of nitrogens with one attached hydrogen (secondary N) is 2. The molecule has 4 atom stereocenters. The van der Waals surface area contributed by atoms with Crippen molar-refractivity contribution < 1.29 is 32.5 Å². The third-order valence-electron chi connectivity index (χ3n) is 5.64. The van der Waals surface area contributed by atoms with Crippen molar-refractivity contribution in [1.29, 1.82) is 0 Å². The van der Waals surface area contributed by atoms with Gasteiger partial charge in [-0.2, -0.15) is 0 Å². The van der Waals surface area contributed by atoms with Crippen molar-refractivity contribution in [3.63, 3.8) is 0 Å². The summed E-state index contributed by atoms with van der Waals surface area (Å²) in [7, 11) is 0. The van der Waals surface area contributed by atoms with Crippen LogP contribution in [0.2, 0.25) is 0 Å². The average Bonchev–Trinajstić information content (AvgIpc) is 3.13. The summed E-state index contributed by atoms with van der Waals surface area (Å²) in [5, 5.41) is 5.77. The van der Waals surface area contributed by atoms with Crippen LogP contribution in [0.4, 0.5) is 0 Å². The van der Waals surface area contributed by atoms with Crippen LogP contribution in [0.1, 0.15) is 44.6 Å². The van der Waals surface area contributed by atoms with Crippen molar-refractivity contribution in [3.8, 4) is 0 Å². The van der Waals surface area contributed by atoms with E-state index in [0.29, 0.717) is 25.8 Å². The highest BCUT2D eigenvalue weighted by molar-refractivity contribution is 5.94. The molecular formula is C20H29ClN4O3. The maximum Gasteiger partial charge on any atom is 0.278 e. The Labute approximate surface area is 171 Å². The first-order chi connectivity index (χ1) is 13.0. The molecule has 0 bridgehead atoms. The maximum absolute atomic E-state index is 13.0. The molecule has 2 aliphatic rings. The lowest BCUT2D eigenvalue weighted by molar-refractivity contribution is -0.404. The molecule has 0 aromatic heterocycles. The lowest BCUT2D eigenvalue weighted by Gasteiger charge is -2.37. The first kappa shape index (κ1) is 22.2. The maximum atomic E-state index is 13.0. The van der Waals surface area contributed by atoms with Crippen LogP contribution in [0.25, 0.3) is 0 Å². The lowest BCUT2D eigenvalue weighted by Crippen LogP contribution is -3.00. The zero-order valence-electron chi connectivity index (χ0n) is 16.2. The Morgan fingerprint density at radius 2 is 1.86 bits per heavy atom. The Kier molecular flexibility index (Phi) is 7.83. The van der Waals surface area contributed by atoms with Gasteiger partial charge in [-0.25, -0.2) is 0 Å². The minimum absolute atomic E-state index is 0. The number of benzene rings is 1. The van der Waals surface area contributed by atoms with Gasteiger partial charge >= 0.3 is 0 Å². The molecule has 2 saturated heterocycles. The molecule has 2 heterocycles. The van der Waals surface area contributed by atoms with Gasteiger partial charge in [-0.1, -0.05) is 37.3 Å². The van der Waals surface area contributed by atoms with Crippen molar-refractivity contribution >= 4 is 17.7 Å². The summed E-state index contributed by atoms with van der Waals surface area (Å²) in [6, 6.07) is 8.44. The lowest BCUT2D eigenvalue weighted by atomic mass is 9.97. The first-order valence-electron chi connectivity index (χ1n) is 9.78. The average molecular weight is 409 g/mol. The van der Waals surface area contributed by atoms with Gasteiger partial charge in [-0.05, 0) is 31.2 Å². The number of fused-ring (bicyclic) bond motifs is 1. The quantitative estimate of drug-likeness (QED) is 0.466. The molecule has 2 fully saturated rings. The standard InChI is InChI=1S/C20H28N4O3.ClH/c1-2-15(21)18(25)23-16-10-8-14-9-11-17(24(14)20(16)27)19(26)22-12-13-6-4-3-5-7-13;/h3-7,14-17H,2,8-12,21H2,1H3,(H,22,26)(H,23,25);1H/t14-,15+,16+,17+;/m1./s1. The fourth-order valence-corrected chi connectivity index (χ4v) is 3.93. The molecule has 28 heavy (non-hydrogen) atoms. The van der Waals surface area contributed by atoms with E-state index in [4.69, 9.17) is 0 Å². The number of halogens is 1. The highest BCUT2D eigenvalue weighted by Crippen LogP contribution is 2.32. The molecule has 1 aromatic carbocycles. The van der Waals surface area contributed by atoms with Gasteiger partial charge in [0, 0.05) is 19.0 Å². The number of quaternary nitrogens is 1. The van der Waals surface area contributed by atoms with E-state index in [2.05, 4.69) is 16.4 Å². The van der Waals surface area contributed by atoms with Crippen LogP contribution in [0.3, 0.4) is 0 Å². The van der Waals surface area contributed by atoms with E-state index in [-0.39, 0.29) is 42.2 Å². The number of nitrogens with zero attached hydrogens (tertiary/aromatic N) is 1. The number of carbonyl (C=O) groups is 3. The highest BCUT2D eigenvalue weighted by Gasteiger charge is 2.46. The summed E-state index contributed by atoms with van der Waals surface area (Å²) in [5.41, 5.74) is 4.83.